The van der Waals surface area contributed by atoms with Gasteiger partial charge < -0.3 is 10.5 Å². The van der Waals surface area contributed by atoms with Crippen LogP contribution in [-0.4, -0.2) is 20.0 Å². The molecule has 3 nitrogen and oxygen atoms in total. The van der Waals surface area contributed by atoms with Crippen LogP contribution in [0.4, 0.5) is 0 Å². The Hall–Kier alpha value is -1.51. The van der Waals surface area contributed by atoms with Crippen molar-refractivity contribution in [3.63, 3.8) is 0 Å². The van der Waals surface area contributed by atoms with Crippen LogP contribution in [0.25, 0.3) is 0 Å². The predicted octanol–water partition coefficient (Wildman–Crippen LogP) is 2.33. The van der Waals surface area contributed by atoms with E-state index in [1.165, 1.54) is 5.56 Å². The Labute approximate surface area is 97.3 Å². The van der Waals surface area contributed by atoms with Crippen molar-refractivity contribution in [2.45, 2.75) is 26.2 Å². The molecule has 1 aromatic carbocycles. The smallest absolute Gasteiger partial charge is 0.129 e. The predicted molar refractivity (Wildman–Crippen MR) is 68.3 cm³/mol. The minimum atomic E-state index is 0.0923. The Morgan fingerprint density at radius 1 is 1.31 bits per heavy atom. The normalized spacial score (nSPS) is 12.7. The Bertz CT molecular complexity index is 403. The number of benzene rings is 1. The number of nitrogens with zero attached hydrogens (tertiary/aromatic N) is 1. The van der Waals surface area contributed by atoms with Crippen LogP contribution in [0.1, 0.15) is 31.9 Å². The van der Waals surface area contributed by atoms with Gasteiger partial charge in [-0.15, -0.1) is 0 Å². The summed E-state index contributed by atoms with van der Waals surface area (Å²) >= 11 is 0. The first-order chi connectivity index (χ1) is 7.40. The van der Waals surface area contributed by atoms with Gasteiger partial charge in [-0.3, -0.25) is 4.99 Å². The van der Waals surface area contributed by atoms with Gasteiger partial charge in [-0.05, 0) is 23.1 Å². The number of amidine groups is 1. The lowest BCUT2D eigenvalue weighted by molar-refractivity contribution is 0.413. The summed E-state index contributed by atoms with van der Waals surface area (Å²) in [6.07, 6.45) is 0. The molecule has 1 aromatic rings. The molecule has 0 bridgehead atoms. The molecule has 0 aromatic heterocycles. The van der Waals surface area contributed by atoms with Crippen molar-refractivity contribution >= 4 is 5.84 Å². The summed E-state index contributed by atoms with van der Waals surface area (Å²) < 4.78 is 5.28. The first-order valence-electron chi connectivity index (χ1n) is 5.31. The average molecular weight is 220 g/mol. The van der Waals surface area contributed by atoms with Gasteiger partial charge in [0.15, 0.2) is 0 Å². The third-order valence-electron chi connectivity index (χ3n) is 2.58. The van der Waals surface area contributed by atoms with Crippen molar-refractivity contribution in [1.82, 2.24) is 0 Å². The van der Waals surface area contributed by atoms with Gasteiger partial charge in [0.25, 0.3) is 0 Å². The van der Waals surface area contributed by atoms with Gasteiger partial charge in [0.05, 0.1) is 12.7 Å². The van der Waals surface area contributed by atoms with Crippen molar-refractivity contribution in [3.05, 3.63) is 29.3 Å². The largest absolute Gasteiger partial charge is 0.496 e. The Morgan fingerprint density at radius 3 is 2.38 bits per heavy atom. The average Bonchev–Trinajstić information content (AvgIpc) is 2.25. The zero-order valence-corrected chi connectivity index (χ0v) is 10.7. The first kappa shape index (κ1) is 12.6. The molecule has 0 saturated carbocycles. The Kier molecular flexibility index (Phi) is 3.58. The number of hydrogen-bond acceptors (Lipinski definition) is 2. The highest BCUT2D eigenvalue weighted by Gasteiger charge is 2.16. The van der Waals surface area contributed by atoms with Crippen molar-refractivity contribution in [1.29, 1.82) is 0 Å². The highest BCUT2D eigenvalue weighted by atomic mass is 16.5. The van der Waals surface area contributed by atoms with E-state index in [1.54, 1.807) is 14.2 Å². The second-order valence-electron chi connectivity index (χ2n) is 4.77. The monoisotopic (exact) mass is 220 g/mol. The van der Waals surface area contributed by atoms with E-state index in [4.69, 9.17) is 10.5 Å². The van der Waals surface area contributed by atoms with E-state index in [2.05, 4.69) is 31.8 Å². The summed E-state index contributed by atoms with van der Waals surface area (Å²) in [5.74, 6) is 1.26. The van der Waals surface area contributed by atoms with Crippen molar-refractivity contribution in [2.75, 3.05) is 14.2 Å². The maximum Gasteiger partial charge on any atom is 0.129 e. The van der Waals surface area contributed by atoms with Crippen LogP contribution in [0.3, 0.4) is 0 Å². The van der Waals surface area contributed by atoms with Gasteiger partial charge in [0.2, 0.25) is 0 Å². The molecule has 0 fully saturated rings. The lowest BCUT2D eigenvalue weighted by Crippen LogP contribution is -2.17. The van der Waals surface area contributed by atoms with Gasteiger partial charge in [-0.2, -0.15) is 0 Å². The van der Waals surface area contributed by atoms with Crippen LogP contribution in [0.2, 0.25) is 0 Å². The van der Waals surface area contributed by atoms with E-state index >= 15 is 0 Å². The lowest BCUT2D eigenvalue weighted by Gasteiger charge is -2.20. The second-order valence-corrected chi connectivity index (χ2v) is 4.77. The van der Waals surface area contributed by atoms with Gasteiger partial charge >= 0.3 is 0 Å². The van der Waals surface area contributed by atoms with E-state index in [0.29, 0.717) is 5.84 Å². The molecule has 2 N–H and O–H groups in total. The third kappa shape index (κ3) is 2.54. The maximum absolute atomic E-state index is 5.85. The molecule has 0 atom stereocenters. The summed E-state index contributed by atoms with van der Waals surface area (Å²) in [4.78, 5) is 4.00. The van der Waals surface area contributed by atoms with Crippen LogP contribution in [0.15, 0.2) is 23.2 Å². The van der Waals surface area contributed by atoms with Crippen LogP contribution in [-0.2, 0) is 5.41 Å². The number of nitrogens with two attached hydrogens (primary N) is 1. The summed E-state index contributed by atoms with van der Waals surface area (Å²) in [5.41, 5.74) is 8.02. The fourth-order valence-electron chi connectivity index (χ4n) is 1.50. The van der Waals surface area contributed by atoms with E-state index < -0.39 is 0 Å². The van der Waals surface area contributed by atoms with Crippen LogP contribution >= 0.6 is 0 Å². The molecule has 0 amide bonds. The molecule has 16 heavy (non-hydrogen) atoms. The summed E-state index contributed by atoms with van der Waals surface area (Å²) in [7, 11) is 3.32. The number of hydrogen-bond donors (Lipinski definition) is 1. The SMILES string of the molecule is CN=C(N)c1cc(C(C)(C)C)ccc1OC. The molecule has 0 aliphatic heterocycles. The number of aliphatic imine (C=N–C) groups is 1. The molecule has 0 saturated heterocycles. The summed E-state index contributed by atoms with van der Waals surface area (Å²) in [6.45, 7) is 6.49. The molecule has 0 aliphatic carbocycles. The standard InChI is InChI=1S/C13H20N2O/c1-13(2,3)9-6-7-11(16-5)10(8-9)12(14)15-4/h6-8H,1-5H3,(H2,14,15). The molecule has 0 spiro atoms. The molecule has 0 radical (unpaired) electrons. The first-order valence-corrected chi connectivity index (χ1v) is 5.31. The Morgan fingerprint density at radius 2 is 1.94 bits per heavy atom. The number of methoxy groups -OCH3 is 1. The number of ether oxygens (including phenoxy) is 1. The Balaban J connectivity index is 3.33. The molecular formula is C13H20N2O. The van der Waals surface area contributed by atoms with Crippen molar-refractivity contribution in [2.24, 2.45) is 10.7 Å². The fourth-order valence-corrected chi connectivity index (χ4v) is 1.50. The quantitative estimate of drug-likeness (QED) is 0.614. The van der Waals surface area contributed by atoms with Gasteiger partial charge in [0.1, 0.15) is 11.6 Å². The van der Waals surface area contributed by atoms with E-state index in [9.17, 15) is 0 Å². The molecule has 1 rings (SSSR count). The molecular weight excluding hydrogens is 200 g/mol. The minimum Gasteiger partial charge on any atom is -0.496 e. The van der Waals surface area contributed by atoms with Gasteiger partial charge in [-0.25, -0.2) is 0 Å². The second kappa shape index (κ2) is 4.56. The van der Waals surface area contributed by atoms with Crippen LogP contribution < -0.4 is 10.5 Å². The lowest BCUT2D eigenvalue weighted by atomic mass is 9.86. The van der Waals surface area contributed by atoms with Crippen molar-refractivity contribution in [3.8, 4) is 5.75 Å². The van der Waals surface area contributed by atoms with Crippen LogP contribution in [0.5, 0.6) is 5.75 Å². The molecule has 3 heteroatoms. The molecule has 88 valence electrons. The third-order valence-corrected chi connectivity index (χ3v) is 2.58. The summed E-state index contributed by atoms with van der Waals surface area (Å²) in [6, 6.07) is 6.04. The highest BCUT2D eigenvalue weighted by molar-refractivity contribution is 6.00. The van der Waals surface area contributed by atoms with E-state index in [-0.39, 0.29) is 5.41 Å². The summed E-state index contributed by atoms with van der Waals surface area (Å²) in [5, 5.41) is 0. The molecule has 0 unspecified atom stereocenters. The topological polar surface area (TPSA) is 47.6 Å². The van der Waals surface area contributed by atoms with Gasteiger partial charge in [-0.1, -0.05) is 26.8 Å². The minimum absolute atomic E-state index is 0.0923. The zero-order valence-electron chi connectivity index (χ0n) is 10.7. The van der Waals surface area contributed by atoms with E-state index in [1.807, 2.05) is 12.1 Å². The van der Waals surface area contributed by atoms with E-state index in [0.717, 1.165) is 11.3 Å². The van der Waals surface area contributed by atoms with Crippen LogP contribution in [0, 0.1) is 0 Å². The number of rotatable bonds is 2. The fraction of sp³-hybridized carbons (Fsp3) is 0.462. The molecule has 0 heterocycles. The van der Waals surface area contributed by atoms with Gasteiger partial charge in [0, 0.05) is 7.05 Å². The molecule has 0 aliphatic rings. The zero-order chi connectivity index (χ0) is 12.3. The maximum atomic E-state index is 5.85. The highest BCUT2D eigenvalue weighted by Crippen LogP contribution is 2.27. The van der Waals surface area contributed by atoms with Crippen molar-refractivity contribution < 1.29 is 4.74 Å².